The maximum atomic E-state index is 13.1. The number of carbonyl (C=O) groups excluding carboxylic acids is 1. The third-order valence-electron chi connectivity index (χ3n) is 4.56. The number of ether oxygens (including phenoxy) is 1. The van der Waals surface area contributed by atoms with Crippen LogP contribution in [-0.2, 0) is 17.9 Å². The normalized spacial score (nSPS) is 10.8. The van der Waals surface area contributed by atoms with Crippen molar-refractivity contribution in [3.8, 4) is 5.75 Å². The lowest BCUT2D eigenvalue weighted by atomic mass is 10.3. The fraction of sp³-hybridized carbons (Fsp3) is 0.143. The molecule has 0 aliphatic carbocycles. The van der Waals surface area contributed by atoms with Crippen LogP contribution in [0.2, 0.25) is 0 Å². The molecular formula is C21H18N4O5. The molecule has 0 saturated heterocycles. The number of hydrogen-bond donors (Lipinski definition) is 1. The molecule has 152 valence electrons. The summed E-state index contributed by atoms with van der Waals surface area (Å²) in [6.45, 7) is -0.372. The average molecular weight is 406 g/mol. The molecule has 0 saturated carbocycles. The van der Waals surface area contributed by atoms with Gasteiger partial charge in [0.05, 0.1) is 31.1 Å². The van der Waals surface area contributed by atoms with E-state index in [1.54, 1.807) is 48.5 Å². The SMILES string of the molecule is COc1ccccc1NC(=O)Cn1c(=O)n(Cc2ccco2)c(=O)c2ncccc21. The van der Waals surface area contributed by atoms with Gasteiger partial charge in [-0.3, -0.25) is 18.7 Å². The zero-order valence-corrected chi connectivity index (χ0v) is 16.1. The van der Waals surface area contributed by atoms with Crippen molar-refractivity contribution in [2.75, 3.05) is 12.4 Å². The van der Waals surface area contributed by atoms with E-state index >= 15 is 0 Å². The van der Waals surface area contributed by atoms with Crippen molar-refractivity contribution < 1.29 is 13.9 Å². The Morgan fingerprint density at radius 2 is 1.93 bits per heavy atom. The van der Waals surface area contributed by atoms with Crippen LogP contribution in [0.25, 0.3) is 11.0 Å². The van der Waals surface area contributed by atoms with Gasteiger partial charge in [0.1, 0.15) is 18.1 Å². The molecule has 0 spiro atoms. The van der Waals surface area contributed by atoms with Gasteiger partial charge < -0.3 is 14.5 Å². The quantitative estimate of drug-likeness (QED) is 0.524. The van der Waals surface area contributed by atoms with Crippen LogP contribution in [0.1, 0.15) is 5.76 Å². The molecule has 0 fully saturated rings. The highest BCUT2D eigenvalue weighted by molar-refractivity contribution is 5.92. The molecule has 0 radical (unpaired) electrons. The van der Waals surface area contributed by atoms with E-state index in [2.05, 4.69) is 10.3 Å². The molecule has 3 heterocycles. The molecule has 0 unspecified atom stereocenters. The molecule has 9 nitrogen and oxygen atoms in total. The smallest absolute Gasteiger partial charge is 0.332 e. The molecule has 0 atom stereocenters. The number of aromatic nitrogens is 3. The van der Waals surface area contributed by atoms with Gasteiger partial charge in [0.2, 0.25) is 5.91 Å². The number of nitrogens with one attached hydrogen (secondary N) is 1. The Hall–Kier alpha value is -4.14. The molecule has 3 aromatic heterocycles. The van der Waals surface area contributed by atoms with Crippen molar-refractivity contribution in [1.29, 1.82) is 0 Å². The number of fused-ring (bicyclic) bond motifs is 1. The minimum absolute atomic E-state index is 0.0642. The second-order valence-electron chi connectivity index (χ2n) is 6.46. The number of hydrogen-bond acceptors (Lipinski definition) is 6. The number of amides is 1. The van der Waals surface area contributed by atoms with Crippen LogP contribution < -0.4 is 21.3 Å². The second-order valence-corrected chi connectivity index (χ2v) is 6.46. The van der Waals surface area contributed by atoms with Crippen molar-refractivity contribution in [3.63, 3.8) is 0 Å². The van der Waals surface area contributed by atoms with Gasteiger partial charge in [-0.05, 0) is 36.4 Å². The highest BCUT2D eigenvalue weighted by Gasteiger charge is 2.17. The summed E-state index contributed by atoms with van der Waals surface area (Å²) in [5.74, 6) is 0.483. The highest BCUT2D eigenvalue weighted by Crippen LogP contribution is 2.23. The number of nitrogens with zero attached hydrogens (tertiary/aromatic N) is 3. The Morgan fingerprint density at radius 3 is 2.70 bits per heavy atom. The first-order valence-electron chi connectivity index (χ1n) is 9.12. The van der Waals surface area contributed by atoms with E-state index < -0.39 is 17.2 Å². The largest absolute Gasteiger partial charge is 0.495 e. The summed E-state index contributed by atoms with van der Waals surface area (Å²) in [7, 11) is 1.50. The highest BCUT2D eigenvalue weighted by atomic mass is 16.5. The van der Waals surface area contributed by atoms with Gasteiger partial charge in [-0.1, -0.05) is 12.1 Å². The first-order chi connectivity index (χ1) is 14.6. The minimum Gasteiger partial charge on any atom is -0.495 e. The third-order valence-corrected chi connectivity index (χ3v) is 4.56. The van der Waals surface area contributed by atoms with Gasteiger partial charge in [0.15, 0.2) is 5.52 Å². The number of furan rings is 1. The van der Waals surface area contributed by atoms with Gasteiger partial charge in [-0.25, -0.2) is 9.78 Å². The Balaban J connectivity index is 1.75. The zero-order chi connectivity index (χ0) is 21.1. The third kappa shape index (κ3) is 3.60. The Labute approximate surface area is 170 Å². The topological polar surface area (TPSA) is 108 Å². The number of benzene rings is 1. The maximum absolute atomic E-state index is 13.1. The van der Waals surface area contributed by atoms with Crippen LogP contribution in [0.3, 0.4) is 0 Å². The van der Waals surface area contributed by atoms with E-state index in [4.69, 9.17) is 9.15 Å². The van der Waals surface area contributed by atoms with Gasteiger partial charge in [-0.2, -0.15) is 0 Å². The summed E-state index contributed by atoms with van der Waals surface area (Å²) >= 11 is 0. The Kier molecular flexibility index (Phi) is 5.17. The standard InChI is InChI=1S/C21H18N4O5/c1-29-17-9-3-2-7-15(17)23-18(26)13-24-16-8-4-10-22-19(16)20(27)25(21(24)28)12-14-6-5-11-30-14/h2-11H,12-13H2,1H3,(H,23,26). The summed E-state index contributed by atoms with van der Waals surface area (Å²) in [5.41, 5.74) is -0.336. The predicted octanol–water partition coefficient (Wildman–Crippen LogP) is 1.85. The Morgan fingerprint density at radius 1 is 1.10 bits per heavy atom. The molecule has 0 aliphatic rings. The molecule has 4 rings (SSSR count). The monoisotopic (exact) mass is 406 g/mol. The number of para-hydroxylation sites is 2. The van der Waals surface area contributed by atoms with E-state index in [0.717, 1.165) is 4.57 Å². The molecule has 9 heteroatoms. The van der Waals surface area contributed by atoms with Crippen LogP contribution in [0, 0.1) is 0 Å². The van der Waals surface area contributed by atoms with Gasteiger partial charge >= 0.3 is 5.69 Å². The van der Waals surface area contributed by atoms with E-state index in [1.165, 1.54) is 24.1 Å². The maximum Gasteiger partial charge on any atom is 0.332 e. The van der Waals surface area contributed by atoms with Crippen LogP contribution in [-0.4, -0.2) is 27.1 Å². The minimum atomic E-state index is -0.632. The number of anilines is 1. The fourth-order valence-corrected chi connectivity index (χ4v) is 3.17. The number of carbonyl (C=O) groups is 1. The summed E-state index contributed by atoms with van der Waals surface area (Å²) in [4.78, 5) is 42.7. The lowest BCUT2D eigenvalue weighted by Crippen LogP contribution is -2.42. The number of rotatable bonds is 6. The lowest BCUT2D eigenvalue weighted by molar-refractivity contribution is -0.116. The van der Waals surface area contributed by atoms with Crippen molar-refractivity contribution >= 4 is 22.6 Å². The van der Waals surface area contributed by atoms with E-state index in [-0.39, 0.29) is 24.1 Å². The molecule has 1 N–H and O–H groups in total. The first kappa shape index (κ1) is 19.2. The molecule has 1 aromatic carbocycles. The van der Waals surface area contributed by atoms with Crippen LogP contribution in [0.15, 0.2) is 75.0 Å². The average Bonchev–Trinajstić information content (AvgIpc) is 3.28. The Bertz CT molecular complexity index is 1320. The van der Waals surface area contributed by atoms with Crippen LogP contribution >= 0.6 is 0 Å². The zero-order valence-electron chi connectivity index (χ0n) is 16.1. The summed E-state index contributed by atoms with van der Waals surface area (Å²) in [6, 6.07) is 13.5. The lowest BCUT2D eigenvalue weighted by Gasteiger charge is -2.14. The number of methoxy groups -OCH3 is 1. The van der Waals surface area contributed by atoms with Crippen molar-refractivity contribution in [2.24, 2.45) is 0 Å². The molecule has 0 bridgehead atoms. The second kappa shape index (κ2) is 8.08. The first-order valence-corrected chi connectivity index (χ1v) is 9.12. The predicted molar refractivity (Wildman–Crippen MR) is 110 cm³/mol. The number of pyridine rings is 1. The van der Waals surface area contributed by atoms with Gasteiger partial charge in [0.25, 0.3) is 5.56 Å². The fourth-order valence-electron chi connectivity index (χ4n) is 3.17. The van der Waals surface area contributed by atoms with E-state index in [9.17, 15) is 14.4 Å². The molecule has 1 amide bonds. The summed E-state index contributed by atoms with van der Waals surface area (Å²) in [6.07, 6.45) is 2.92. The summed E-state index contributed by atoms with van der Waals surface area (Å²) < 4.78 is 12.7. The van der Waals surface area contributed by atoms with Gasteiger partial charge in [-0.15, -0.1) is 0 Å². The van der Waals surface area contributed by atoms with Crippen molar-refractivity contribution in [1.82, 2.24) is 14.1 Å². The molecule has 0 aliphatic heterocycles. The van der Waals surface area contributed by atoms with Crippen molar-refractivity contribution in [3.05, 3.63) is 87.6 Å². The van der Waals surface area contributed by atoms with E-state index in [1.807, 2.05) is 0 Å². The summed E-state index contributed by atoms with van der Waals surface area (Å²) in [5, 5.41) is 2.73. The van der Waals surface area contributed by atoms with Crippen LogP contribution in [0.4, 0.5) is 5.69 Å². The van der Waals surface area contributed by atoms with Crippen molar-refractivity contribution in [2.45, 2.75) is 13.1 Å². The van der Waals surface area contributed by atoms with Gasteiger partial charge in [0, 0.05) is 6.20 Å². The molecule has 30 heavy (non-hydrogen) atoms. The van der Waals surface area contributed by atoms with E-state index in [0.29, 0.717) is 17.2 Å². The molecular weight excluding hydrogens is 388 g/mol. The molecule has 4 aromatic rings. The van der Waals surface area contributed by atoms with Crippen LogP contribution in [0.5, 0.6) is 5.75 Å².